The van der Waals surface area contributed by atoms with E-state index in [0.717, 1.165) is 38.2 Å². The molecule has 1 saturated carbocycles. The van der Waals surface area contributed by atoms with Gasteiger partial charge in [0.25, 0.3) is 0 Å². The molecular weight excluding hydrogens is 293 g/mol. The maximum Gasteiger partial charge on any atom is 0.243 e. The Morgan fingerprint density at radius 1 is 1.24 bits per heavy atom. The largest absolute Gasteiger partial charge is 0.392 e. The highest BCUT2D eigenvalue weighted by Crippen LogP contribution is 2.39. The van der Waals surface area contributed by atoms with Crippen molar-refractivity contribution < 1.29 is 17.9 Å². The van der Waals surface area contributed by atoms with E-state index in [4.69, 9.17) is 0 Å². The predicted molar refractivity (Wildman–Crippen MR) is 76.6 cm³/mol. The molecule has 1 saturated heterocycles. The van der Waals surface area contributed by atoms with Crippen LogP contribution in [-0.4, -0.2) is 30.4 Å². The number of hydrogen-bond acceptors (Lipinski definition) is 3. The zero-order valence-corrected chi connectivity index (χ0v) is 12.7. The third-order valence-corrected chi connectivity index (χ3v) is 6.74. The van der Waals surface area contributed by atoms with Gasteiger partial charge in [-0.2, -0.15) is 4.31 Å². The number of fused-ring (bicyclic) bond motifs is 1. The molecule has 1 aromatic rings. The third-order valence-electron chi connectivity index (χ3n) is 4.73. The van der Waals surface area contributed by atoms with Gasteiger partial charge >= 0.3 is 0 Å². The van der Waals surface area contributed by atoms with Crippen molar-refractivity contribution in [3.8, 4) is 0 Å². The van der Waals surface area contributed by atoms with Crippen LogP contribution in [0, 0.1) is 11.7 Å². The number of hydrogen-bond donors (Lipinski definition) is 1. The molecule has 0 bridgehead atoms. The Hall–Kier alpha value is -0.980. The third kappa shape index (κ3) is 2.60. The fourth-order valence-electron chi connectivity index (χ4n) is 3.73. The monoisotopic (exact) mass is 313 g/mol. The molecule has 116 valence electrons. The van der Waals surface area contributed by atoms with Crippen LogP contribution in [0.5, 0.6) is 0 Å². The highest BCUT2D eigenvalue weighted by molar-refractivity contribution is 7.89. The van der Waals surface area contributed by atoms with Crippen LogP contribution in [0.25, 0.3) is 0 Å². The first-order valence-corrected chi connectivity index (χ1v) is 8.89. The fourth-order valence-corrected chi connectivity index (χ4v) is 5.71. The van der Waals surface area contributed by atoms with Gasteiger partial charge in [-0.1, -0.05) is 12.5 Å². The van der Waals surface area contributed by atoms with Crippen molar-refractivity contribution in [2.45, 2.75) is 49.6 Å². The van der Waals surface area contributed by atoms with Crippen molar-refractivity contribution in [1.29, 1.82) is 0 Å². The van der Waals surface area contributed by atoms with Gasteiger partial charge in [-0.15, -0.1) is 0 Å². The highest BCUT2D eigenvalue weighted by Gasteiger charge is 2.41. The SMILES string of the molecule is O=S(=O)(c1cc(F)ccc1CO)N1CCCC2CCCC21. The van der Waals surface area contributed by atoms with Crippen molar-refractivity contribution in [3.05, 3.63) is 29.6 Å². The molecule has 1 aliphatic carbocycles. The Balaban J connectivity index is 2.02. The van der Waals surface area contributed by atoms with E-state index in [1.54, 1.807) is 4.31 Å². The summed E-state index contributed by atoms with van der Waals surface area (Å²) in [4.78, 5) is -0.0856. The summed E-state index contributed by atoms with van der Waals surface area (Å²) < 4.78 is 40.8. The Labute approximate surface area is 124 Å². The normalized spacial score (nSPS) is 26.8. The standard InChI is InChI=1S/C15H20FNO3S/c16-13-7-6-12(10-18)15(9-13)21(19,20)17-8-2-4-11-3-1-5-14(11)17/h6-7,9,11,14,18H,1-5,8,10H2. The molecule has 2 fully saturated rings. The summed E-state index contributed by atoms with van der Waals surface area (Å²) in [5, 5.41) is 9.35. The van der Waals surface area contributed by atoms with E-state index in [1.165, 1.54) is 12.1 Å². The first-order chi connectivity index (χ1) is 10.0. The Morgan fingerprint density at radius 2 is 2.00 bits per heavy atom. The summed E-state index contributed by atoms with van der Waals surface area (Å²) in [6.45, 7) is 0.0850. The van der Waals surface area contributed by atoms with Crippen LogP contribution in [0.4, 0.5) is 4.39 Å². The van der Waals surface area contributed by atoms with E-state index in [9.17, 15) is 17.9 Å². The van der Waals surface area contributed by atoms with Gasteiger partial charge in [0.2, 0.25) is 10.0 Å². The maximum atomic E-state index is 13.5. The smallest absolute Gasteiger partial charge is 0.243 e. The molecule has 2 atom stereocenters. The molecular formula is C15H20FNO3S. The highest BCUT2D eigenvalue weighted by atomic mass is 32.2. The lowest BCUT2D eigenvalue weighted by Gasteiger charge is -2.37. The first-order valence-electron chi connectivity index (χ1n) is 7.45. The van der Waals surface area contributed by atoms with Gasteiger partial charge in [-0.05, 0) is 49.3 Å². The lowest BCUT2D eigenvalue weighted by atomic mass is 9.94. The van der Waals surface area contributed by atoms with Crippen LogP contribution in [0.3, 0.4) is 0 Å². The van der Waals surface area contributed by atoms with Crippen molar-refractivity contribution in [2.75, 3.05) is 6.54 Å². The number of sulfonamides is 1. The zero-order valence-electron chi connectivity index (χ0n) is 11.8. The van der Waals surface area contributed by atoms with Gasteiger partial charge in [0.15, 0.2) is 0 Å². The summed E-state index contributed by atoms with van der Waals surface area (Å²) in [5.74, 6) is -0.162. The zero-order chi connectivity index (χ0) is 15.0. The fraction of sp³-hybridized carbons (Fsp3) is 0.600. The average Bonchev–Trinajstić information content (AvgIpc) is 2.95. The molecule has 1 heterocycles. The predicted octanol–water partition coefficient (Wildman–Crippen LogP) is 2.27. The molecule has 21 heavy (non-hydrogen) atoms. The van der Waals surface area contributed by atoms with E-state index in [-0.39, 0.29) is 16.5 Å². The summed E-state index contributed by atoms with van der Waals surface area (Å²) in [6, 6.07) is 3.59. The van der Waals surface area contributed by atoms with Gasteiger partial charge in [-0.3, -0.25) is 0 Å². The summed E-state index contributed by atoms with van der Waals surface area (Å²) in [7, 11) is -3.75. The Kier molecular flexibility index (Phi) is 4.03. The van der Waals surface area contributed by atoms with E-state index < -0.39 is 22.4 Å². The van der Waals surface area contributed by atoms with Crippen molar-refractivity contribution in [3.63, 3.8) is 0 Å². The number of benzene rings is 1. The molecule has 0 aromatic heterocycles. The van der Waals surface area contributed by atoms with Gasteiger partial charge in [0.05, 0.1) is 11.5 Å². The molecule has 0 amide bonds. The first kappa shape index (κ1) is 14.9. The second-order valence-corrected chi connectivity index (χ2v) is 7.79. The molecule has 0 spiro atoms. The second kappa shape index (κ2) is 5.66. The van der Waals surface area contributed by atoms with Gasteiger partial charge in [0.1, 0.15) is 5.82 Å². The molecule has 2 unspecified atom stereocenters. The van der Waals surface area contributed by atoms with E-state index in [0.29, 0.717) is 12.5 Å². The van der Waals surface area contributed by atoms with Crippen LogP contribution in [-0.2, 0) is 16.6 Å². The minimum atomic E-state index is -3.75. The van der Waals surface area contributed by atoms with E-state index >= 15 is 0 Å². The van der Waals surface area contributed by atoms with Gasteiger partial charge in [-0.25, -0.2) is 12.8 Å². The lowest BCUT2D eigenvalue weighted by molar-refractivity contribution is 0.201. The summed E-state index contributed by atoms with van der Waals surface area (Å²) in [6.07, 6.45) is 4.94. The Morgan fingerprint density at radius 3 is 2.76 bits per heavy atom. The molecule has 2 aliphatic rings. The van der Waals surface area contributed by atoms with Crippen molar-refractivity contribution >= 4 is 10.0 Å². The molecule has 6 heteroatoms. The topological polar surface area (TPSA) is 57.6 Å². The van der Waals surface area contributed by atoms with E-state index in [2.05, 4.69) is 0 Å². The number of aliphatic hydroxyl groups is 1. The number of aliphatic hydroxyl groups excluding tert-OH is 1. The van der Waals surface area contributed by atoms with Crippen LogP contribution >= 0.6 is 0 Å². The quantitative estimate of drug-likeness (QED) is 0.931. The minimum Gasteiger partial charge on any atom is -0.392 e. The maximum absolute atomic E-state index is 13.5. The number of nitrogens with zero attached hydrogens (tertiary/aromatic N) is 1. The van der Waals surface area contributed by atoms with Crippen LogP contribution in [0.2, 0.25) is 0 Å². The molecule has 1 aromatic carbocycles. The molecule has 0 radical (unpaired) electrons. The summed E-state index contributed by atoms with van der Waals surface area (Å²) >= 11 is 0. The van der Waals surface area contributed by atoms with Crippen LogP contribution < -0.4 is 0 Å². The second-order valence-electron chi connectivity index (χ2n) is 5.93. The average molecular weight is 313 g/mol. The minimum absolute atomic E-state index is 0.0403. The summed E-state index contributed by atoms with van der Waals surface area (Å²) in [5.41, 5.74) is 0.261. The Bertz CT molecular complexity index is 632. The van der Waals surface area contributed by atoms with Crippen molar-refractivity contribution in [1.82, 2.24) is 4.31 Å². The number of rotatable bonds is 3. The molecule has 3 rings (SSSR count). The molecule has 1 N–H and O–H groups in total. The van der Waals surface area contributed by atoms with Crippen molar-refractivity contribution in [2.24, 2.45) is 5.92 Å². The van der Waals surface area contributed by atoms with Gasteiger partial charge < -0.3 is 5.11 Å². The van der Waals surface area contributed by atoms with Gasteiger partial charge in [0, 0.05) is 12.6 Å². The number of piperidine rings is 1. The van der Waals surface area contributed by atoms with E-state index in [1.807, 2.05) is 0 Å². The molecule has 1 aliphatic heterocycles. The molecule has 4 nitrogen and oxygen atoms in total. The lowest BCUT2D eigenvalue weighted by Crippen LogP contribution is -2.46. The van der Waals surface area contributed by atoms with Crippen LogP contribution in [0.15, 0.2) is 23.1 Å². The number of halogens is 1. The van der Waals surface area contributed by atoms with Crippen LogP contribution in [0.1, 0.15) is 37.7 Å².